The van der Waals surface area contributed by atoms with Crippen LogP contribution < -0.4 is 0 Å². The molecule has 0 aliphatic heterocycles. The van der Waals surface area contributed by atoms with E-state index in [2.05, 4.69) is 0 Å². The third-order valence-electron chi connectivity index (χ3n) is 1.74. The summed E-state index contributed by atoms with van der Waals surface area (Å²) in [7, 11) is 0. The first-order valence-electron chi connectivity index (χ1n) is 3.48. The maximum Gasteiger partial charge on any atom is 0.137 e. The molecule has 0 amide bonds. The molecular weight excluding hydrogens is 300 g/mol. The summed E-state index contributed by atoms with van der Waals surface area (Å²) in [5.41, 5.74) is 0.551. The van der Waals surface area contributed by atoms with Gasteiger partial charge in [0.2, 0.25) is 0 Å². The van der Waals surface area contributed by atoms with Crippen LogP contribution in [-0.4, -0.2) is 0 Å². The molecule has 0 unspecified atom stereocenters. The van der Waals surface area contributed by atoms with Crippen LogP contribution in [0, 0.1) is 20.7 Å². The lowest BCUT2D eigenvalue weighted by atomic mass is 10.2. The summed E-state index contributed by atoms with van der Waals surface area (Å²) in [6.07, 6.45) is 0. The van der Waals surface area contributed by atoms with E-state index in [9.17, 15) is 4.39 Å². The first-order valence-corrected chi connectivity index (χ1v) is 5.44. The zero-order chi connectivity index (χ0) is 9.42. The molecule has 2 rings (SSSR count). The van der Waals surface area contributed by atoms with Gasteiger partial charge in [-0.05, 0) is 34.7 Å². The monoisotopic (exact) mass is 303 g/mol. The van der Waals surface area contributed by atoms with Gasteiger partial charge in [0.15, 0.2) is 0 Å². The zero-order valence-corrected chi connectivity index (χ0v) is 9.32. The van der Waals surface area contributed by atoms with Gasteiger partial charge in [-0.2, -0.15) is 5.26 Å². The van der Waals surface area contributed by atoms with Gasteiger partial charge in [-0.1, -0.05) is 0 Å². The van der Waals surface area contributed by atoms with Crippen LogP contribution in [0.4, 0.5) is 4.39 Å². The quantitative estimate of drug-likeness (QED) is 0.683. The summed E-state index contributed by atoms with van der Waals surface area (Å²) in [4.78, 5) is 0. The summed E-state index contributed by atoms with van der Waals surface area (Å²) < 4.78 is 14.7. The Morgan fingerprint density at radius 3 is 2.92 bits per heavy atom. The summed E-state index contributed by atoms with van der Waals surface area (Å²) in [6, 6.07) is 5.22. The number of hydrogen-bond acceptors (Lipinski definition) is 2. The minimum atomic E-state index is -0.261. The van der Waals surface area contributed by atoms with Gasteiger partial charge >= 0.3 is 0 Å². The third kappa shape index (κ3) is 1.42. The standard InChI is InChI=1S/C9H3FINS/c10-7-1-6-5(3-12)4-13-9(6)2-8(7)11/h1-2,4H. The van der Waals surface area contributed by atoms with Gasteiger partial charge in [0.1, 0.15) is 11.9 Å². The Bertz CT molecular complexity index is 512. The van der Waals surface area contributed by atoms with E-state index in [0.29, 0.717) is 14.5 Å². The van der Waals surface area contributed by atoms with Gasteiger partial charge in [-0.15, -0.1) is 11.3 Å². The van der Waals surface area contributed by atoms with E-state index in [1.165, 1.54) is 17.4 Å². The molecule has 0 aliphatic rings. The second-order valence-electron chi connectivity index (χ2n) is 2.52. The van der Waals surface area contributed by atoms with E-state index < -0.39 is 0 Å². The second kappa shape index (κ2) is 3.24. The number of hydrogen-bond donors (Lipinski definition) is 0. The van der Waals surface area contributed by atoms with Crippen molar-refractivity contribution >= 4 is 44.0 Å². The first kappa shape index (κ1) is 8.91. The number of rotatable bonds is 0. The van der Waals surface area contributed by atoms with Crippen LogP contribution in [0.1, 0.15) is 5.56 Å². The Kier molecular flexibility index (Phi) is 2.22. The van der Waals surface area contributed by atoms with Crippen molar-refractivity contribution in [2.24, 2.45) is 0 Å². The van der Waals surface area contributed by atoms with E-state index in [-0.39, 0.29) is 5.82 Å². The summed E-state index contributed by atoms with van der Waals surface area (Å²) in [5.74, 6) is -0.261. The summed E-state index contributed by atoms with van der Waals surface area (Å²) in [6.45, 7) is 0. The highest BCUT2D eigenvalue weighted by atomic mass is 127. The number of halogens is 2. The minimum absolute atomic E-state index is 0.261. The molecule has 0 saturated heterocycles. The van der Waals surface area contributed by atoms with Crippen LogP contribution in [0.3, 0.4) is 0 Å². The molecule has 1 heterocycles. The van der Waals surface area contributed by atoms with Gasteiger partial charge in [-0.25, -0.2) is 4.39 Å². The van der Waals surface area contributed by atoms with Gasteiger partial charge in [-0.3, -0.25) is 0 Å². The molecule has 1 nitrogen and oxygen atoms in total. The Balaban J connectivity index is 2.86. The number of nitriles is 1. The number of benzene rings is 1. The Morgan fingerprint density at radius 1 is 1.46 bits per heavy atom. The molecule has 4 heteroatoms. The summed E-state index contributed by atoms with van der Waals surface area (Å²) in [5, 5.41) is 11.2. The largest absolute Gasteiger partial charge is 0.206 e. The SMILES string of the molecule is N#Cc1csc2cc(I)c(F)cc12. The van der Waals surface area contributed by atoms with Crippen LogP contribution in [0.2, 0.25) is 0 Å². The molecule has 64 valence electrons. The Labute approximate surface area is 91.9 Å². The lowest BCUT2D eigenvalue weighted by Crippen LogP contribution is -1.80. The molecule has 13 heavy (non-hydrogen) atoms. The van der Waals surface area contributed by atoms with Crippen molar-refractivity contribution < 1.29 is 4.39 Å². The van der Waals surface area contributed by atoms with Crippen LogP contribution in [0.5, 0.6) is 0 Å². The lowest BCUT2D eigenvalue weighted by molar-refractivity contribution is 0.622. The maximum absolute atomic E-state index is 13.1. The van der Waals surface area contributed by atoms with Crippen LogP contribution in [0.25, 0.3) is 10.1 Å². The van der Waals surface area contributed by atoms with Crippen molar-refractivity contribution in [2.45, 2.75) is 0 Å². The van der Waals surface area contributed by atoms with Crippen molar-refractivity contribution in [3.63, 3.8) is 0 Å². The number of nitrogens with zero attached hydrogens (tertiary/aromatic N) is 1. The fourth-order valence-corrected chi connectivity index (χ4v) is 2.69. The van der Waals surface area contributed by atoms with Gasteiger partial charge in [0.05, 0.1) is 9.13 Å². The van der Waals surface area contributed by atoms with E-state index in [0.717, 1.165) is 4.70 Å². The second-order valence-corrected chi connectivity index (χ2v) is 4.60. The van der Waals surface area contributed by atoms with Crippen molar-refractivity contribution in [3.8, 4) is 6.07 Å². The third-order valence-corrected chi connectivity index (χ3v) is 3.51. The van der Waals surface area contributed by atoms with Crippen LogP contribution in [0.15, 0.2) is 17.5 Å². The predicted octanol–water partition coefficient (Wildman–Crippen LogP) is 3.52. The van der Waals surface area contributed by atoms with Crippen LogP contribution >= 0.6 is 33.9 Å². The fraction of sp³-hybridized carbons (Fsp3) is 0. The van der Waals surface area contributed by atoms with E-state index in [1.54, 1.807) is 11.4 Å². The fourth-order valence-electron chi connectivity index (χ4n) is 1.11. The molecule has 0 bridgehead atoms. The number of thiophene rings is 1. The van der Waals surface area contributed by atoms with Crippen LogP contribution in [-0.2, 0) is 0 Å². The molecule has 0 radical (unpaired) electrons. The highest BCUT2D eigenvalue weighted by molar-refractivity contribution is 14.1. The average molecular weight is 303 g/mol. The van der Waals surface area contributed by atoms with E-state index >= 15 is 0 Å². The van der Waals surface area contributed by atoms with Gasteiger partial charge < -0.3 is 0 Å². The molecular formula is C9H3FINS. The molecule has 2 aromatic rings. The minimum Gasteiger partial charge on any atom is -0.206 e. The van der Waals surface area contributed by atoms with Crippen molar-refractivity contribution in [1.82, 2.24) is 0 Å². The molecule has 0 spiro atoms. The molecule has 1 aromatic carbocycles. The predicted molar refractivity (Wildman–Crippen MR) is 59.2 cm³/mol. The van der Waals surface area contributed by atoms with E-state index in [1.807, 2.05) is 28.7 Å². The topological polar surface area (TPSA) is 23.8 Å². The molecule has 0 aliphatic carbocycles. The zero-order valence-electron chi connectivity index (χ0n) is 6.34. The highest BCUT2D eigenvalue weighted by Gasteiger charge is 2.07. The Hall–Kier alpha value is -0.670. The van der Waals surface area contributed by atoms with Crippen molar-refractivity contribution in [3.05, 3.63) is 32.5 Å². The molecule has 0 N–H and O–H groups in total. The van der Waals surface area contributed by atoms with Gasteiger partial charge in [0.25, 0.3) is 0 Å². The Morgan fingerprint density at radius 2 is 2.23 bits per heavy atom. The van der Waals surface area contributed by atoms with Crippen molar-refractivity contribution in [2.75, 3.05) is 0 Å². The first-order chi connectivity index (χ1) is 6.22. The molecule has 0 atom stereocenters. The molecule has 1 aromatic heterocycles. The number of fused-ring (bicyclic) bond motifs is 1. The highest BCUT2D eigenvalue weighted by Crippen LogP contribution is 2.28. The van der Waals surface area contributed by atoms with Gasteiger partial charge in [0, 0.05) is 15.5 Å². The smallest absolute Gasteiger partial charge is 0.137 e. The van der Waals surface area contributed by atoms with E-state index in [4.69, 9.17) is 5.26 Å². The van der Waals surface area contributed by atoms with Crippen molar-refractivity contribution in [1.29, 1.82) is 5.26 Å². The lowest BCUT2D eigenvalue weighted by Gasteiger charge is -1.94. The normalized spacial score (nSPS) is 10.2. The molecule has 0 fully saturated rings. The molecule has 0 saturated carbocycles. The summed E-state index contributed by atoms with van der Waals surface area (Å²) >= 11 is 3.41. The average Bonchev–Trinajstić information content (AvgIpc) is 2.48. The maximum atomic E-state index is 13.1.